The van der Waals surface area contributed by atoms with Crippen LogP contribution in [-0.2, 0) is 86.9 Å². The van der Waals surface area contributed by atoms with Gasteiger partial charge in [-0.1, -0.05) is 0 Å². The molecule has 0 bridgehead atoms. The Balaban J connectivity index is 1.13. The van der Waals surface area contributed by atoms with Crippen molar-refractivity contribution >= 4 is 30.1 Å². The summed E-state index contributed by atoms with van der Waals surface area (Å²) >= 11 is 0. The maximum Gasteiger partial charge on any atom is 0.240 e. The molecule has 3 N–H and O–H groups in total. The van der Waals surface area contributed by atoms with E-state index in [9.17, 15) is 25.3 Å². The predicted molar refractivity (Wildman–Crippen MR) is 304 cm³/mol. The average molecular weight is 1270 g/mol. The topological polar surface area (TPSA) is 308 Å². The maximum atomic E-state index is 13.9. The summed E-state index contributed by atoms with van der Waals surface area (Å²) in [5, 5.41) is 0. The Bertz CT molecular complexity index is 2380. The van der Waals surface area contributed by atoms with E-state index in [-0.39, 0.29) is 168 Å². The lowest BCUT2D eigenvalue weighted by Crippen LogP contribution is -2.43. The number of nitrogens with one attached hydrogen (secondary N) is 3. The van der Waals surface area contributed by atoms with Crippen LogP contribution in [0.3, 0.4) is 0 Å². The molecule has 3 aromatic carbocycles. The van der Waals surface area contributed by atoms with Crippen molar-refractivity contribution in [2.75, 3.05) is 237 Å². The second-order valence-corrected chi connectivity index (χ2v) is 23.6. The minimum absolute atomic E-state index is 0.00322. The van der Waals surface area contributed by atoms with E-state index in [1.807, 2.05) is 0 Å². The van der Waals surface area contributed by atoms with Crippen molar-refractivity contribution in [3.8, 4) is 34.5 Å². The van der Waals surface area contributed by atoms with Crippen molar-refractivity contribution in [1.29, 1.82) is 0 Å². The molecule has 85 heavy (non-hydrogen) atoms. The first-order chi connectivity index (χ1) is 41.5. The molecule has 28 nitrogen and oxygen atoms in total. The van der Waals surface area contributed by atoms with Crippen molar-refractivity contribution in [3.63, 3.8) is 0 Å². The van der Waals surface area contributed by atoms with Crippen LogP contribution in [-0.4, -0.2) is 268 Å². The van der Waals surface area contributed by atoms with Crippen LogP contribution in [0.15, 0.2) is 69.3 Å². The van der Waals surface area contributed by atoms with Crippen LogP contribution < -0.4 is 42.6 Å². The first-order valence-corrected chi connectivity index (χ1v) is 32.8. The summed E-state index contributed by atoms with van der Waals surface area (Å²) in [5.74, 6) is 1.33. The molecule has 0 saturated carbocycles. The highest BCUT2D eigenvalue weighted by atomic mass is 32.2. The third kappa shape index (κ3) is 28.1. The predicted octanol–water partition coefficient (Wildman–Crippen LogP) is 0.737. The Kier molecular flexibility index (Phi) is 33.6. The van der Waals surface area contributed by atoms with Crippen LogP contribution >= 0.6 is 0 Å². The number of nitrogens with zero attached hydrogens (tertiary/aromatic N) is 1. The molecule has 3 aliphatic heterocycles. The highest BCUT2D eigenvalue weighted by Gasteiger charge is 2.23. The van der Waals surface area contributed by atoms with E-state index >= 15 is 0 Å². The Morgan fingerprint density at radius 1 is 0.259 bits per heavy atom. The molecule has 0 aromatic heterocycles. The van der Waals surface area contributed by atoms with E-state index in [2.05, 4.69) is 14.2 Å². The van der Waals surface area contributed by atoms with Gasteiger partial charge in [0, 0.05) is 57.5 Å². The second-order valence-electron chi connectivity index (χ2n) is 18.3. The van der Waals surface area contributed by atoms with Crippen LogP contribution in [0.4, 0.5) is 0 Å². The lowest BCUT2D eigenvalue weighted by atomic mass is 10.3. The van der Waals surface area contributed by atoms with Crippen LogP contribution in [0.1, 0.15) is 0 Å². The van der Waals surface area contributed by atoms with Crippen molar-refractivity contribution in [2.24, 2.45) is 0 Å². The zero-order valence-corrected chi connectivity index (χ0v) is 50.6. The Morgan fingerprint density at radius 2 is 0.435 bits per heavy atom. The van der Waals surface area contributed by atoms with Gasteiger partial charge in [0.05, 0.1) is 173 Å². The van der Waals surface area contributed by atoms with Gasteiger partial charge in [0.2, 0.25) is 30.1 Å². The number of hydrogen-bond donors (Lipinski definition) is 3. The minimum atomic E-state index is -4.20. The van der Waals surface area contributed by atoms with E-state index in [1.54, 1.807) is 4.90 Å². The molecule has 0 saturated heterocycles. The maximum absolute atomic E-state index is 13.9. The second kappa shape index (κ2) is 41.0. The molecular weight excluding hydrogens is 1180 g/mol. The number of benzene rings is 3. The summed E-state index contributed by atoms with van der Waals surface area (Å²) in [7, 11) is -12.6. The van der Waals surface area contributed by atoms with E-state index in [0.29, 0.717) is 119 Å². The first kappa shape index (κ1) is 69.8. The molecule has 0 spiro atoms. The fourth-order valence-electron chi connectivity index (χ4n) is 7.81. The zero-order valence-electron chi connectivity index (χ0n) is 48.1. The van der Waals surface area contributed by atoms with Crippen molar-refractivity contribution in [2.45, 2.75) is 14.7 Å². The molecule has 3 heterocycles. The standard InChI is InChI=1S/C54H84N4O24S3/c59-83(60,46-1-4-49-52(43-46)80-40-34-74-28-22-68-16-13-65-19-25-71-31-37-77-49)55-7-10-58(11-8-56-84(61,62)47-2-5-50-53(44-47)81-41-35-75-29-23-69-17-14-66-20-26-72-32-38-78-50)12-9-57-85(63,64)48-3-6-51-54(45-48)82-42-36-76-30-24-70-18-15-67-21-27-73-33-39-79-51/h1-6,43-45,55-57H,7-42H2. The van der Waals surface area contributed by atoms with Gasteiger partial charge in [-0.15, -0.1) is 0 Å². The van der Waals surface area contributed by atoms with Gasteiger partial charge in [-0.05, 0) is 36.4 Å². The number of hydrogen-bond acceptors (Lipinski definition) is 25. The van der Waals surface area contributed by atoms with Gasteiger partial charge < -0.3 is 85.3 Å². The third-order valence-electron chi connectivity index (χ3n) is 12.1. The molecule has 0 fully saturated rings. The molecule has 0 atom stereocenters. The fourth-order valence-corrected chi connectivity index (χ4v) is 10.9. The van der Waals surface area contributed by atoms with Gasteiger partial charge in [0.15, 0.2) is 34.5 Å². The van der Waals surface area contributed by atoms with Crippen molar-refractivity contribution < 1.29 is 111 Å². The highest BCUT2D eigenvalue weighted by molar-refractivity contribution is 7.90. The van der Waals surface area contributed by atoms with Gasteiger partial charge in [0.25, 0.3) is 0 Å². The Morgan fingerprint density at radius 3 is 0.635 bits per heavy atom. The van der Waals surface area contributed by atoms with Crippen LogP contribution in [0.25, 0.3) is 0 Å². The quantitative estimate of drug-likeness (QED) is 0.189. The van der Waals surface area contributed by atoms with E-state index < -0.39 is 30.1 Å². The lowest BCUT2D eigenvalue weighted by Gasteiger charge is -2.23. The lowest BCUT2D eigenvalue weighted by molar-refractivity contribution is -0.00843. The monoisotopic (exact) mass is 1270 g/mol. The molecule has 0 radical (unpaired) electrons. The fraction of sp³-hybridized carbons (Fsp3) is 0.667. The first-order valence-electron chi connectivity index (χ1n) is 28.3. The summed E-state index contributed by atoms with van der Waals surface area (Å²) in [6.45, 7) is 8.07. The van der Waals surface area contributed by atoms with E-state index in [4.69, 9.17) is 85.3 Å². The summed E-state index contributed by atoms with van der Waals surface area (Å²) in [6.07, 6.45) is 0. The van der Waals surface area contributed by atoms with Gasteiger partial charge in [-0.25, -0.2) is 39.4 Å². The van der Waals surface area contributed by atoms with Crippen molar-refractivity contribution in [1.82, 2.24) is 19.1 Å². The summed E-state index contributed by atoms with van der Waals surface area (Å²) in [5.41, 5.74) is 0. The highest BCUT2D eigenvalue weighted by Crippen LogP contribution is 2.33. The van der Waals surface area contributed by atoms with Gasteiger partial charge in [-0.2, -0.15) is 0 Å². The summed E-state index contributed by atoms with van der Waals surface area (Å²) in [4.78, 5) is 1.32. The van der Waals surface area contributed by atoms with Crippen LogP contribution in [0.5, 0.6) is 34.5 Å². The normalized spacial score (nSPS) is 19.2. The third-order valence-corrected chi connectivity index (χ3v) is 16.5. The van der Waals surface area contributed by atoms with Gasteiger partial charge >= 0.3 is 0 Å². The number of fused-ring (bicyclic) bond motifs is 3. The molecule has 0 aliphatic carbocycles. The minimum Gasteiger partial charge on any atom is -0.487 e. The Hall–Kier alpha value is -4.33. The zero-order chi connectivity index (χ0) is 59.9. The summed E-state index contributed by atoms with van der Waals surface area (Å²) < 4.78 is 194. The van der Waals surface area contributed by atoms with Crippen LogP contribution in [0, 0.1) is 0 Å². The molecule has 0 amide bonds. The molecular formula is C54H84N4O24S3. The average Bonchev–Trinajstić information content (AvgIpc) is 3.20. The number of ether oxygens (including phenoxy) is 18. The van der Waals surface area contributed by atoms with E-state index in [0.717, 1.165) is 0 Å². The number of sulfonamides is 3. The van der Waals surface area contributed by atoms with Crippen LogP contribution in [0.2, 0.25) is 0 Å². The molecule has 3 aromatic rings. The molecule has 482 valence electrons. The largest absolute Gasteiger partial charge is 0.487 e. The smallest absolute Gasteiger partial charge is 0.240 e. The van der Waals surface area contributed by atoms with Crippen molar-refractivity contribution in [3.05, 3.63) is 54.6 Å². The summed E-state index contributed by atoms with van der Waals surface area (Å²) in [6, 6.07) is 12.6. The van der Waals surface area contributed by atoms with Gasteiger partial charge in [0.1, 0.15) is 39.6 Å². The SMILES string of the molecule is O=S(=O)(NCCN(CCNS(=O)(=O)c1ccc2c(c1)OCCOCCOCCOCCOCCO2)CCNS(=O)(=O)c1ccc2c(c1)OCCOCCOCCOCCOCCO2)c1ccc2c(c1)OCCOCCOCCOCCOCCO2. The molecule has 3 aliphatic rings. The van der Waals surface area contributed by atoms with E-state index in [1.165, 1.54) is 54.6 Å². The molecule has 0 unspecified atom stereocenters. The molecule has 6 rings (SSSR count). The Labute approximate surface area is 498 Å². The van der Waals surface area contributed by atoms with Gasteiger partial charge in [-0.3, -0.25) is 4.90 Å². The molecule has 31 heteroatoms. The number of rotatable bonds is 15.